The summed E-state index contributed by atoms with van der Waals surface area (Å²) in [5.74, 6) is -1.68. The van der Waals surface area contributed by atoms with E-state index < -0.39 is 23.8 Å². The smallest absolute Gasteiger partial charge is 0.356 e. The van der Waals surface area contributed by atoms with Gasteiger partial charge in [0.2, 0.25) is 0 Å². The molecule has 2 heterocycles. The first-order chi connectivity index (χ1) is 10.0. The molecule has 1 saturated heterocycles. The molecule has 0 aromatic heterocycles. The van der Waals surface area contributed by atoms with Gasteiger partial charge in [-0.15, -0.1) is 0 Å². The van der Waals surface area contributed by atoms with Gasteiger partial charge in [-0.2, -0.15) is 0 Å². The van der Waals surface area contributed by atoms with Crippen LogP contribution in [0.5, 0.6) is 0 Å². The van der Waals surface area contributed by atoms with Crippen LogP contribution < -0.4 is 15.8 Å². The Morgan fingerprint density at radius 2 is 2.14 bits per heavy atom. The maximum Gasteiger partial charge on any atom is 0.356 e. The topological polar surface area (TPSA) is 87.7 Å². The molecule has 2 aliphatic rings. The molecule has 108 valence electrons. The number of hydrazine groups is 1. The predicted molar refractivity (Wildman–Crippen MR) is 75.7 cm³/mol. The number of methoxy groups -OCH3 is 1. The third kappa shape index (κ3) is 2.03. The lowest BCUT2D eigenvalue weighted by atomic mass is 10.1. The number of nitrogens with zero attached hydrogens (tertiary/aromatic N) is 1. The number of imide groups is 1. The molecular weight excluding hydrogens is 342 g/mol. The zero-order valence-electron chi connectivity index (χ0n) is 10.8. The average molecular weight is 352 g/mol. The van der Waals surface area contributed by atoms with E-state index in [2.05, 4.69) is 31.5 Å². The van der Waals surface area contributed by atoms with Crippen molar-refractivity contribution in [1.29, 1.82) is 0 Å². The first-order valence-corrected chi connectivity index (χ1v) is 6.81. The van der Waals surface area contributed by atoms with E-state index in [0.29, 0.717) is 5.69 Å². The van der Waals surface area contributed by atoms with Gasteiger partial charge in [0.05, 0.1) is 18.4 Å². The second kappa shape index (κ2) is 4.97. The van der Waals surface area contributed by atoms with Crippen molar-refractivity contribution in [3.63, 3.8) is 0 Å². The van der Waals surface area contributed by atoms with Crippen molar-refractivity contribution in [3.05, 3.63) is 40.0 Å². The number of carbonyl (C=O) groups is 3. The molecule has 0 bridgehead atoms. The number of rotatable bonds is 2. The van der Waals surface area contributed by atoms with Crippen LogP contribution in [0.15, 0.2) is 40.0 Å². The van der Waals surface area contributed by atoms with E-state index in [1.165, 1.54) is 7.11 Å². The zero-order valence-corrected chi connectivity index (χ0v) is 12.4. The normalized spacial score (nSPS) is 20.7. The number of benzene rings is 1. The number of esters is 1. The molecule has 3 rings (SSSR count). The fourth-order valence-electron chi connectivity index (χ4n) is 2.32. The van der Waals surface area contributed by atoms with E-state index in [-0.39, 0.29) is 11.3 Å². The summed E-state index contributed by atoms with van der Waals surface area (Å²) in [4.78, 5) is 37.5. The fourth-order valence-corrected chi connectivity index (χ4v) is 2.70. The minimum Gasteiger partial charge on any atom is -0.464 e. The molecule has 0 spiro atoms. The van der Waals surface area contributed by atoms with Crippen LogP contribution in [0.3, 0.4) is 0 Å². The molecule has 8 heteroatoms. The average Bonchev–Trinajstić information content (AvgIpc) is 3.00. The second-order valence-electron chi connectivity index (χ2n) is 4.44. The lowest BCUT2D eigenvalue weighted by molar-refractivity contribution is -0.137. The monoisotopic (exact) mass is 351 g/mol. The van der Waals surface area contributed by atoms with Gasteiger partial charge in [0, 0.05) is 4.47 Å². The molecular formula is C13H10BrN3O4. The number of anilines is 1. The quantitative estimate of drug-likeness (QED) is 0.585. The highest BCUT2D eigenvalue weighted by Crippen LogP contribution is 2.31. The number of carbonyl (C=O) groups excluding carboxylic acids is 3. The third-order valence-corrected chi connectivity index (χ3v) is 3.75. The number of halogens is 1. The van der Waals surface area contributed by atoms with Crippen molar-refractivity contribution in [3.8, 4) is 0 Å². The van der Waals surface area contributed by atoms with E-state index in [1.807, 2.05) is 0 Å². The standard InChI is InChI=1S/C13H10BrN3O4/c1-21-13(20)10-8-9(15-16-10)12(19)17(11(8)18)7-4-2-3-6(14)5-7/h2-5,9,15-16H,1H3. The lowest BCUT2D eigenvalue weighted by Crippen LogP contribution is -2.42. The van der Waals surface area contributed by atoms with Crippen molar-refractivity contribution >= 4 is 39.4 Å². The van der Waals surface area contributed by atoms with Gasteiger partial charge >= 0.3 is 5.97 Å². The van der Waals surface area contributed by atoms with Crippen LogP contribution in [0.1, 0.15) is 0 Å². The minimum atomic E-state index is -0.884. The van der Waals surface area contributed by atoms with Gasteiger partial charge in [-0.05, 0) is 18.2 Å². The Bertz CT molecular complexity index is 700. The summed E-state index contributed by atoms with van der Waals surface area (Å²) in [6, 6.07) is 5.92. The van der Waals surface area contributed by atoms with Crippen molar-refractivity contribution in [2.45, 2.75) is 6.04 Å². The Balaban J connectivity index is 2.06. The van der Waals surface area contributed by atoms with E-state index in [4.69, 9.17) is 0 Å². The third-order valence-electron chi connectivity index (χ3n) is 3.26. The molecule has 0 saturated carbocycles. The van der Waals surface area contributed by atoms with Crippen molar-refractivity contribution < 1.29 is 19.1 Å². The number of fused-ring (bicyclic) bond motifs is 1. The van der Waals surface area contributed by atoms with Crippen LogP contribution in [0, 0.1) is 0 Å². The first-order valence-electron chi connectivity index (χ1n) is 6.02. The molecule has 7 nitrogen and oxygen atoms in total. The summed E-state index contributed by atoms with van der Waals surface area (Å²) in [5, 5.41) is 0. The summed E-state index contributed by atoms with van der Waals surface area (Å²) in [6.07, 6.45) is 0. The number of nitrogens with one attached hydrogen (secondary N) is 2. The van der Waals surface area contributed by atoms with Gasteiger partial charge in [0.1, 0.15) is 11.7 Å². The van der Waals surface area contributed by atoms with Gasteiger partial charge in [0.15, 0.2) is 0 Å². The fraction of sp³-hybridized carbons (Fsp3) is 0.154. The Kier molecular flexibility index (Phi) is 3.26. The van der Waals surface area contributed by atoms with Gasteiger partial charge in [0.25, 0.3) is 11.8 Å². The maximum absolute atomic E-state index is 12.5. The number of ether oxygens (including phenoxy) is 1. The maximum atomic E-state index is 12.5. The van der Waals surface area contributed by atoms with Gasteiger partial charge < -0.3 is 10.2 Å². The van der Waals surface area contributed by atoms with Crippen LogP contribution in [-0.2, 0) is 19.1 Å². The summed E-state index contributed by atoms with van der Waals surface area (Å²) in [6.45, 7) is 0. The van der Waals surface area contributed by atoms with Crippen LogP contribution in [-0.4, -0.2) is 30.9 Å². The lowest BCUT2D eigenvalue weighted by Gasteiger charge is -2.16. The highest BCUT2D eigenvalue weighted by atomic mass is 79.9. The van der Waals surface area contributed by atoms with Crippen LogP contribution in [0.2, 0.25) is 0 Å². The van der Waals surface area contributed by atoms with E-state index in [0.717, 1.165) is 9.37 Å². The molecule has 2 N–H and O–H groups in total. The molecule has 21 heavy (non-hydrogen) atoms. The molecule has 1 aromatic carbocycles. The van der Waals surface area contributed by atoms with Gasteiger partial charge in [-0.1, -0.05) is 22.0 Å². The molecule has 1 atom stereocenters. The summed E-state index contributed by atoms with van der Waals surface area (Å²) >= 11 is 3.29. The second-order valence-corrected chi connectivity index (χ2v) is 5.36. The molecule has 1 aromatic rings. The highest BCUT2D eigenvalue weighted by Gasteiger charge is 2.50. The largest absolute Gasteiger partial charge is 0.464 e. The number of amides is 2. The van der Waals surface area contributed by atoms with E-state index >= 15 is 0 Å². The van der Waals surface area contributed by atoms with Crippen LogP contribution >= 0.6 is 15.9 Å². The minimum absolute atomic E-state index is 0.0293. The van der Waals surface area contributed by atoms with Crippen LogP contribution in [0.4, 0.5) is 5.69 Å². The Morgan fingerprint density at radius 3 is 2.81 bits per heavy atom. The Hall–Kier alpha value is -2.19. The number of hydrogen-bond acceptors (Lipinski definition) is 6. The molecule has 0 aliphatic carbocycles. The molecule has 2 amide bonds. The molecule has 1 unspecified atom stereocenters. The van der Waals surface area contributed by atoms with Crippen LogP contribution in [0.25, 0.3) is 0 Å². The van der Waals surface area contributed by atoms with Crippen molar-refractivity contribution in [2.24, 2.45) is 0 Å². The molecule has 1 fully saturated rings. The Morgan fingerprint density at radius 1 is 1.38 bits per heavy atom. The molecule has 0 radical (unpaired) electrons. The number of hydrogen-bond donors (Lipinski definition) is 2. The van der Waals surface area contributed by atoms with Gasteiger partial charge in [-0.25, -0.2) is 15.1 Å². The highest BCUT2D eigenvalue weighted by molar-refractivity contribution is 9.10. The van der Waals surface area contributed by atoms with Crippen molar-refractivity contribution in [2.75, 3.05) is 12.0 Å². The van der Waals surface area contributed by atoms with E-state index in [9.17, 15) is 14.4 Å². The van der Waals surface area contributed by atoms with E-state index in [1.54, 1.807) is 24.3 Å². The summed E-state index contributed by atoms with van der Waals surface area (Å²) in [5.41, 5.74) is 5.64. The van der Waals surface area contributed by atoms with Crippen molar-refractivity contribution in [1.82, 2.24) is 10.9 Å². The van der Waals surface area contributed by atoms with Gasteiger partial charge in [-0.3, -0.25) is 9.59 Å². The predicted octanol–water partition coefficient (Wildman–Crippen LogP) is 0.226. The SMILES string of the molecule is COC(=O)C1=C2C(=O)N(c3cccc(Br)c3)C(=O)C2NN1. The summed E-state index contributed by atoms with van der Waals surface area (Å²) < 4.78 is 5.34. The zero-order chi connectivity index (χ0) is 15.1. The first kappa shape index (κ1) is 13.8. The summed E-state index contributed by atoms with van der Waals surface area (Å²) in [7, 11) is 1.21. The molecule has 2 aliphatic heterocycles. The Labute approximate surface area is 128 Å².